The van der Waals surface area contributed by atoms with Gasteiger partial charge in [-0.25, -0.2) is 0 Å². The molecule has 1 fully saturated rings. The molecule has 2 aliphatic heterocycles. The predicted molar refractivity (Wildman–Crippen MR) is 69.6 cm³/mol. The van der Waals surface area contributed by atoms with E-state index in [2.05, 4.69) is 10.2 Å². The first-order valence-electron chi connectivity index (χ1n) is 6.75. The van der Waals surface area contributed by atoms with Gasteiger partial charge >= 0.3 is 0 Å². The molecule has 0 radical (unpaired) electrons. The molecule has 4 nitrogen and oxygen atoms in total. The van der Waals surface area contributed by atoms with Gasteiger partial charge in [0.15, 0.2) is 11.5 Å². The van der Waals surface area contributed by atoms with Gasteiger partial charge in [-0.15, -0.1) is 0 Å². The van der Waals surface area contributed by atoms with Gasteiger partial charge in [0.2, 0.25) is 0 Å². The summed E-state index contributed by atoms with van der Waals surface area (Å²) in [7, 11) is 0. The molecule has 1 unspecified atom stereocenters. The molecule has 3 N–H and O–H groups in total. The van der Waals surface area contributed by atoms with Crippen LogP contribution in [0.15, 0.2) is 12.1 Å². The third kappa shape index (κ3) is 2.06. The summed E-state index contributed by atoms with van der Waals surface area (Å²) >= 11 is 0. The highest BCUT2D eigenvalue weighted by molar-refractivity contribution is 5.47. The van der Waals surface area contributed by atoms with Gasteiger partial charge in [0.05, 0.1) is 0 Å². The highest BCUT2D eigenvalue weighted by atomic mass is 16.3. The fourth-order valence-corrected chi connectivity index (χ4v) is 3.11. The molecule has 0 aromatic heterocycles. The Labute approximate surface area is 107 Å². The van der Waals surface area contributed by atoms with E-state index < -0.39 is 0 Å². The lowest BCUT2D eigenvalue weighted by molar-refractivity contribution is 0.154. The van der Waals surface area contributed by atoms with Gasteiger partial charge in [0.1, 0.15) is 0 Å². The van der Waals surface area contributed by atoms with Gasteiger partial charge < -0.3 is 15.5 Å². The number of phenols is 2. The summed E-state index contributed by atoms with van der Waals surface area (Å²) in [5.74, 6) is -0.0208. The Morgan fingerprint density at radius 2 is 1.78 bits per heavy atom. The maximum atomic E-state index is 9.70. The summed E-state index contributed by atoms with van der Waals surface area (Å²) in [6.45, 7) is 3.96. The Bertz CT molecular complexity index is 442. The SMILES string of the molecule is Oc1cc2c(cc1O)C(N1CCCCC1)CNC2. The van der Waals surface area contributed by atoms with E-state index in [1.54, 1.807) is 12.1 Å². The van der Waals surface area contributed by atoms with Gasteiger partial charge in [0.25, 0.3) is 0 Å². The van der Waals surface area contributed by atoms with Crippen LogP contribution < -0.4 is 5.32 Å². The highest BCUT2D eigenvalue weighted by Gasteiger charge is 2.27. The highest BCUT2D eigenvalue weighted by Crippen LogP contribution is 2.36. The number of rotatable bonds is 1. The average molecular weight is 248 g/mol. The lowest BCUT2D eigenvalue weighted by Gasteiger charge is -2.38. The predicted octanol–water partition coefficient (Wildman–Crippen LogP) is 1.73. The lowest BCUT2D eigenvalue weighted by atomic mass is 9.93. The molecule has 1 atom stereocenters. The summed E-state index contributed by atoms with van der Waals surface area (Å²) in [4.78, 5) is 2.49. The molecule has 18 heavy (non-hydrogen) atoms. The van der Waals surface area contributed by atoms with Crippen molar-refractivity contribution in [3.8, 4) is 11.5 Å². The minimum Gasteiger partial charge on any atom is -0.504 e. The molecule has 0 spiro atoms. The van der Waals surface area contributed by atoms with Crippen LogP contribution >= 0.6 is 0 Å². The first kappa shape index (κ1) is 11.8. The fraction of sp³-hybridized carbons (Fsp3) is 0.571. The molecule has 2 heterocycles. The number of nitrogens with zero attached hydrogens (tertiary/aromatic N) is 1. The van der Waals surface area contributed by atoms with Crippen molar-refractivity contribution >= 4 is 0 Å². The second-order valence-corrected chi connectivity index (χ2v) is 5.28. The number of aromatic hydroxyl groups is 2. The van der Waals surface area contributed by atoms with E-state index >= 15 is 0 Å². The van der Waals surface area contributed by atoms with Crippen LogP contribution in [0.4, 0.5) is 0 Å². The van der Waals surface area contributed by atoms with Crippen LogP contribution in [0.5, 0.6) is 11.5 Å². The number of hydrogen-bond donors (Lipinski definition) is 3. The summed E-state index contributed by atoms with van der Waals surface area (Å²) in [6.07, 6.45) is 3.84. The summed E-state index contributed by atoms with van der Waals surface area (Å²) in [6, 6.07) is 3.76. The van der Waals surface area contributed by atoms with E-state index in [1.807, 2.05) is 0 Å². The van der Waals surface area contributed by atoms with Crippen molar-refractivity contribution in [1.82, 2.24) is 10.2 Å². The van der Waals surface area contributed by atoms with Crippen LogP contribution in [0.25, 0.3) is 0 Å². The van der Waals surface area contributed by atoms with Crippen LogP contribution in [0.2, 0.25) is 0 Å². The molecule has 0 aliphatic carbocycles. The van der Waals surface area contributed by atoms with E-state index in [0.717, 1.165) is 31.7 Å². The molecule has 0 saturated carbocycles. The number of nitrogens with one attached hydrogen (secondary N) is 1. The second-order valence-electron chi connectivity index (χ2n) is 5.28. The number of fused-ring (bicyclic) bond motifs is 1. The Morgan fingerprint density at radius 1 is 1.06 bits per heavy atom. The first-order valence-corrected chi connectivity index (χ1v) is 6.75. The number of phenolic OH excluding ortho intramolecular Hbond substituents is 2. The maximum absolute atomic E-state index is 9.70. The molecule has 1 saturated heterocycles. The smallest absolute Gasteiger partial charge is 0.157 e. The third-order valence-electron chi connectivity index (χ3n) is 4.08. The molecule has 3 rings (SSSR count). The second kappa shape index (κ2) is 4.78. The van der Waals surface area contributed by atoms with Gasteiger partial charge in [-0.05, 0) is 49.2 Å². The van der Waals surface area contributed by atoms with Crippen LogP contribution in [-0.4, -0.2) is 34.7 Å². The lowest BCUT2D eigenvalue weighted by Crippen LogP contribution is -2.42. The zero-order valence-corrected chi connectivity index (χ0v) is 10.5. The zero-order valence-electron chi connectivity index (χ0n) is 10.5. The molecule has 0 amide bonds. The number of piperidine rings is 1. The van der Waals surface area contributed by atoms with Crippen molar-refractivity contribution in [3.63, 3.8) is 0 Å². The van der Waals surface area contributed by atoms with Crippen molar-refractivity contribution in [2.45, 2.75) is 31.8 Å². The van der Waals surface area contributed by atoms with Crippen molar-refractivity contribution in [1.29, 1.82) is 0 Å². The number of likely N-dealkylation sites (tertiary alicyclic amines) is 1. The van der Waals surface area contributed by atoms with Gasteiger partial charge in [0, 0.05) is 19.1 Å². The van der Waals surface area contributed by atoms with E-state index in [-0.39, 0.29) is 11.5 Å². The van der Waals surface area contributed by atoms with Crippen molar-refractivity contribution in [2.75, 3.05) is 19.6 Å². The van der Waals surface area contributed by atoms with Crippen molar-refractivity contribution < 1.29 is 10.2 Å². The molecule has 2 aliphatic rings. The number of benzene rings is 1. The minimum atomic E-state index is -0.0187. The maximum Gasteiger partial charge on any atom is 0.157 e. The van der Waals surface area contributed by atoms with E-state index in [9.17, 15) is 10.2 Å². The van der Waals surface area contributed by atoms with Crippen LogP contribution in [0.3, 0.4) is 0 Å². The average Bonchev–Trinajstić information content (AvgIpc) is 2.40. The molecular weight excluding hydrogens is 228 g/mol. The molecule has 1 aromatic rings. The van der Waals surface area contributed by atoms with E-state index in [1.165, 1.54) is 24.8 Å². The first-order chi connectivity index (χ1) is 8.75. The van der Waals surface area contributed by atoms with Gasteiger partial charge in [-0.2, -0.15) is 0 Å². The molecule has 4 heteroatoms. The quantitative estimate of drug-likeness (QED) is 0.662. The van der Waals surface area contributed by atoms with E-state index in [4.69, 9.17) is 0 Å². The monoisotopic (exact) mass is 248 g/mol. The normalized spacial score (nSPS) is 24.8. The van der Waals surface area contributed by atoms with Gasteiger partial charge in [-0.3, -0.25) is 4.90 Å². The molecule has 98 valence electrons. The summed E-state index contributed by atoms with van der Waals surface area (Å²) in [5, 5.41) is 22.7. The fourth-order valence-electron chi connectivity index (χ4n) is 3.11. The van der Waals surface area contributed by atoms with Crippen LogP contribution in [-0.2, 0) is 6.54 Å². The van der Waals surface area contributed by atoms with Crippen molar-refractivity contribution in [3.05, 3.63) is 23.3 Å². The Balaban J connectivity index is 1.92. The summed E-state index contributed by atoms with van der Waals surface area (Å²) < 4.78 is 0. The largest absolute Gasteiger partial charge is 0.504 e. The van der Waals surface area contributed by atoms with Gasteiger partial charge in [-0.1, -0.05) is 6.42 Å². The standard InChI is InChI=1S/C14H20N2O2/c17-13-6-10-8-15-9-12(11(10)7-14(13)18)16-4-2-1-3-5-16/h6-7,12,15,17-18H,1-5,8-9H2. The van der Waals surface area contributed by atoms with Crippen LogP contribution in [0.1, 0.15) is 36.4 Å². The van der Waals surface area contributed by atoms with Crippen LogP contribution in [0, 0.1) is 0 Å². The molecular formula is C14H20N2O2. The van der Waals surface area contributed by atoms with Crippen molar-refractivity contribution in [2.24, 2.45) is 0 Å². The Morgan fingerprint density at radius 3 is 2.56 bits per heavy atom. The minimum absolute atomic E-state index is 0.00217. The summed E-state index contributed by atoms with van der Waals surface area (Å²) in [5.41, 5.74) is 2.28. The Hall–Kier alpha value is -1.26. The topological polar surface area (TPSA) is 55.7 Å². The zero-order chi connectivity index (χ0) is 12.5. The molecule has 1 aromatic carbocycles. The van der Waals surface area contributed by atoms with E-state index in [0.29, 0.717) is 6.04 Å². The third-order valence-corrected chi connectivity index (χ3v) is 4.08. The molecule has 0 bridgehead atoms. The Kier molecular flexibility index (Phi) is 3.14. The number of hydrogen-bond acceptors (Lipinski definition) is 4.